The lowest BCUT2D eigenvalue weighted by molar-refractivity contribution is -0.112. The van der Waals surface area contributed by atoms with Gasteiger partial charge in [0, 0.05) is 6.20 Å². The van der Waals surface area contributed by atoms with E-state index in [0.717, 1.165) is 0 Å². The molecule has 5 nitrogen and oxygen atoms in total. The fourth-order valence-electron chi connectivity index (χ4n) is 0.954. The van der Waals surface area contributed by atoms with E-state index in [2.05, 4.69) is 10.3 Å². The largest absolute Gasteiger partial charge is 0.412 e. The first-order valence-electron chi connectivity index (χ1n) is 2.82. The van der Waals surface area contributed by atoms with Crippen molar-refractivity contribution in [2.24, 2.45) is 0 Å². The summed E-state index contributed by atoms with van der Waals surface area (Å²) in [6, 6.07) is 1.65. The van der Waals surface area contributed by atoms with E-state index in [1.807, 2.05) is 0 Å². The molecule has 0 saturated carbocycles. The van der Waals surface area contributed by atoms with E-state index < -0.39 is 11.7 Å². The van der Waals surface area contributed by atoms with Gasteiger partial charge in [-0.1, -0.05) is 0 Å². The maximum absolute atomic E-state index is 10.8. The molecule has 2 rings (SSSR count). The van der Waals surface area contributed by atoms with Crippen LogP contribution in [0.25, 0.3) is 0 Å². The number of H-pyrrole nitrogens is 1. The highest BCUT2D eigenvalue weighted by Gasteiger charge is 2.28. The highest BCUT2D eigenvalue weighted by Crippen LogP contribution is 2.19. The molecule has 5 heteroatoms. The number of carbonyl (C=O) groups excluding carboxylic acids is 2. The Labute approximate surface area is 61.7 Å². The lowest BCUT2D eigenvalue weighted by atomic mass is 10.3. The van der Waals surface area contributed by atoms with Crippen LogP contribution in [0.2, 0.25) is 0 Å². The van der Waals surface area contributed by atoms with E-state index in [4.69, 9.17) is 0 Å². The number of anilines is 1. The van der Waals surface area contributed by atoms with Gasteiger partial charge in [-0.2, -0.15) is 0 Å². The number of aromatic nitrogens is 1. The van der Waals surface area contributed by atoms with Crippen LogP contribution in [0.4, 0.5) is 5.69 Å². The Hall–Kier alpha value is -1.62. The predicted octanol–water partition coefficient (Wildman–Crippen LogP) is -0.675. The Bertz CT molecular complexity index is 315. The summed E-state index contributed by atoms with van der Waals surface area (Å²) in [5.41, 5.74) is 0.944. The Balaban J connectivity index is 0.000000605. The van der Waals surface area contributed by atoms with E-state index in [1.54, 1.807) is 12.3 Å². The normalized spacial score (nSPS) is 13.8. The highest BCUT2D eigenvalue weighted by atomic mass is 16.2. The van der Waals surface area contributed by atoms with Crippen LogP contribution >= 0.6 is 0 Å². The molecule has 0 radical (unpaired) electrons. The minimum atomic E-state index is -0.554. The van der Waals surface area contributed by atoms with Crippen molar-refractivity contribution < 1.29 is 15.1 Å². The van der Waals surface area contributed by atoms with Crippen LogP contribution in [0.1, 0.15) is 10.5 Å². The molecule has 0 atom stereocenters. The first-order valence-corrected chi connectivity index (χ1v) is 2.82. The van der Waals surface area contributed by atoms with Crippen LogP contribution in [-0.4, -0.2) is 22.2 Å². The summed E-state index contributed by atoms with van der Waals surface area (Å²) in [7, 11) is 0. The molecule has 0 saturated heterocycles. The Morgan fingerprint density at radius 2 is 2.00 bits per heavy atom. The second kappa shape index (κ2) is 2.21. The summed E-state index contributed by atoms with van der Waals surface area (Å²) in [5, 5.41) is 2.41. The maximum atomic E-state index is 10.8. The topological polar surface area (TPSA) is 93.5 Å². The summed E-state index contributed by atoms with van der Waals surface area (Å²) in [6.45, 7) is 0. The molecule has 1 aliphatic rings. The Morgan fingerprint density at radius 1 is 1.27 bits per heavy atom. The molecule has 0 aliphatic carbocycles. The van der Waals surface area contributed by atoms with Gasteiger partial charge in [0.2, 0.25) is 0 Å². The van der Waals surface area contributed by atoms with Crippen LogP contribution in [0, 0.1) is 0 Å². The zero-order chi connectivity index (χ0) is 7.14. The van der Waals surface area contributed by atoms with Gasteiger partial charge < -0.3 is 15.8 Å². The monoisotopic (exact) mass is 154 g/mol. The molecule has 1 aromatic heterocycles. The van der Waals surface area contributed by atoms with E-state index >= 15 is 0 Å². The standard InChI is InChI=1S/C6H4N2O2.H2O/c9-5-4-3(1-2-7-4)8-6(5)10;/h1-2,7H,(H,8,9,10);1H2. The fourth-order valence-corrected chi connectivity index (χ4v) is 0.954. The van der Waals surface area contributed by atoms with Crippen molar-refractivity contribution in [2.75, 3.05) is 5.32 Å². The van der Waals surface area contributed by atoms with Gasteiger partial charge in [0.15, 0.2) is 0 Å². The number of rotatable bonds is 0. The van der Waals surface area contributed by atoms with Crippen molar-refractivity contribution in [1.82, 2.24) is 4.98 Å². The molecular formula is C6H6N2O3. The van der Waals surface area contributed by atoms with Crippen LogP contribution in [0.5, 0.6) is 0 Å². The van der Waals surface area contributed by atoms with Crippen LogP contribution in [-0.2, 0) is 4.79 Å². The molecule has 1 aromatic rings. The zero-order valence-corrected chi connectivity index (χ0v) is 5.47. The summed E-state index contributed by atoms with van der Waals surface area (Å²) < 4.78 is 0. The third-order valence-electron chi connectivity index (χ3n) is 1.43. The molecule has 58 valence electrons. The smallest absolute Gasteiger partial charge is 0.298 e. The molecule has 11 heavy (non-hydrogen) atoms. The molecule has 0 fully saturated rings. The van der Waals surface area contributed by atoms with Crippen LogP contribution in [0.3, 0.4) is 0 Å². The molecule has 0 unspecified atom stereocenters. The first-order chi connectivity index (χ1) is 4.79. The van der Waals surface area contributed by atoms with E-state index in [1.165, 1.54) is 0 Å². The lowest BCUT2D eigenvalue weighted by Gasteiger charge is -1.83. The SMILES string of the molecule is O.O=C1Nc2cc[nH]c2C1=O. The fraction of sp³-hybridized carbons (Fsp3) is 0. The van der Waals surface area contributed by atoms with Crippen molar-refractivity contribution in [3.8, 4) is 0 Å². The van der Waals surface area contributed by atoms with Crippen molar-refractivity contribution in [1.29, 1.82) is 0 Å². The third kappa shape index (κ3) is 0.821. The lowest BCUT2D eigenvalue weighted by Crippen LogP contribution is -2.13. The minimum absolute atomic E-state index is 0. The molecule has 1 amide bonds. The van der Waals surface area contributed by atoms with E-state index in [0.29, 0.717) is 11.4 Å². The summed E-state index contributed by atoms with van der Waals surface area (Å²) in [4.78, 5) is 24.1. The predicted molar refractivity (Wildman–Crippen MR) is 37.4 cm³/mol. The highest BCUT2D eigenvalue weighted by molar-refractivity contribution is 6.51. The number of fused-ring (bicyclic) bond motifs is 1. The molecule has 0 aromatic carbocycles. The van der Waals surface area contributed by atoms with Gasteiger partial charge in [0.1, 0.15) is 5.69 Å². The van der Waals surface area contributed by atoms with Crippen LogP contribution in [0.15, 0.2) is 12.3 Å². The molecule has 0 spiro atoms. The Kier molecular flexibility index (Phi) is 1.50. The number of nitrogens with one attached hydrogen (secondary N) is 2. The quantitative estimate of drug-likeness (QED) is 0.484. The molecule has 0 bridgehead atoms. The second-order valence-electron chi connectivity index (χ2n) is 2.05. The zero-order valence-electron chi connectivity index (χ0n) is 5.47. The second-order valence-corrected chi connectivity index (χ2v) is 2.05. The number of hydrogen-bond donors (Lipinski definition) is 2. The molecule has 4 N–H and O–H groups in total. The van der Waals surface area contributed by atoms with Crippen molar-refractivity contribution in [3.05, 3.63) is 18.0 Å². The maximum Gasteiger partial charge on any atom is 0.298 e. The van der Waals surface area contributed by atoms with Gasteiger partial charge in [-0.15, -0.1) is 0 Å². The van der Waals surface area contributed by atoms with Crippen LogP contribution < -0.4 is 5.32 Å². The van der Waals surface area contributed by atoms with E-state index in [-0.39, 0.29) is 5.48 Å². The Morgan fingerprint density at radius 3 is 2.64 bits per heavy atom. The number of carbonyl (C=O) groups is 2. The van der Waals surface area contributed by atoms with Gasteiger partial charge in [0.25, 0.3) is 11.7 Å². The number of ketones is 1. The number of Topliss-reactive ketones (excluding diaryl/α,β-unsaturated/α-hetero) is 1. The summed E-state index contributed by atoms with van der Waals surface area (Å²) in [6.07, 6.45) is 1.61. The average Bonchev–Trinajstić information content (AvgIpc) is 2.41. The number of hydrogen-bond acceptors (Lipinski definition) is 2. The summed E-state index contributed by atoms with van der Waals surface area (Å²) >= 11 is 0. The average molecular weight is 154 g/mol. The first kappa shape index (κ1) is 7.49. The molecule has 1 aliphatic heterocycles. The molecular weight excluding hydrogens is 148 g/mol. The third-order valence-corrected chi connectivity index (χ3v) is 1.43. The van der Waals surface area contributed by atoms with Gasteiger partial charge in [-0.3, -0.25) is 9.59 Å². The number of aromatic amines is 1. The van der Waals surface area contributed by atoms with Gasteiger partial charge in [0.05, 0.1) is 5.69 Å². The van der Waals surface area contributed by atoms with Crippen molar-refractivity contribution in [3.63, 3.8) is 0 Å². The summed E-state index contributed by atoms with van der Waals surface area (Å²) in [5.74, 6) is -1.04. The molecule has 2 heterocycles. The number of amides is 1. The minimum Gasteiger partial charge on any atom is -0.412 e. The van der Waals surface area contributed by atoms with Crippen molar-refractivity contribution in [2.45, 2.75) is 0 Å². The van der Waals surface area contributed by atoms with Crippen molar-refractivity contribution >= 4 is 17.4 Å². The van der Waals surface area contributed by atoms with Gasteiger partial charge >= 0.3 is 0 Å². The van der Waals surface area contributed by atoms with E-state index in [9.17, 15) is 9.59 Å². The van der Waals surface area contributed by atoms with Gasteiger partial charge in [-0.05, 0) is 6.07 Å². The van der Waals surface area contributed by atoms with Gasteiger partial charge in [-0.25, -0.2) is 0 Å².